The van der Waals surface area contributed by atoms with Crippen molar-refractivity contribution in [2.24, 2.45) is 5.92 Å². The zero-order valence-electron chi connectivity index (χ0n) is 13.9. The van der Waals surface area contributed by atoms with Crippen LogP contribution in [0.2, 0.25) is 0 Å². The maximum atomic E-state index is 12.7. The van der Waals surface area contributed by atoms with E-state index in [1.165, 1.54) is 5.56 Å². The van der Waals surface area contributed by atoms with Gasteiger partial charge in [0.25, 0.3) is 0 Å². The summed E-state index contributed by atoms with van der Waals surface area (Å²) < 4.78 is 0. The summed E-state index contributed by atoms with van der Waals surface area (Å²) >= 11 is 0. The van der Waals surface area contributed by atoms with E-state index in [0.717, 1.165) is 17.7 Å². The van der Waals surface area contributed by atoms with Gasteiger partial charge in [0.1, 0.15) is 5.92 Å². The number of nitrogens with one attached hydrogen (secondary N) is 1. The fraction of sp³-hybridized carbons (Fsp3) is 0.300. The van der Waals surface area contributed by atoms with Crippen molar-refractivity contribution in [2.45, 2.75) is 19.8 Å². The van der Waals surface area contributed by atoms with Crippen LogP contribution in [0.5, 0.6) is 0 Å². The van der Waals surface area contributed by atoms with Crippen molar-refractivity contribution < 1.29 is 9.59 Å². The van der Waals surface area contributed by atoms with Gasteiger partial charge < -0.3 is 10.2 Å². The zero-order chi connectivity index (χ0) is 16.9. The van der Waals surface area contributed by atoms with Crippen molar-refractivity contribution in [3.63, 3.8) is 0 Å². The number of carbonyl (C=O) groups excluding carboxylic acids is 2. The van der Waals surface area contributed by atoms with E-state index in [2.05, 4.69) is 23.5 Å². The molecule has 1 aliphatic heterocycles. The van der Waals surface area contributed by atoms with E-state index < -0.39 is 5.92 Å². The van der Waals surface area contributed by atoms with Crippen LogP contribution in [0.3, 0.4) is 0 Å². The molecule has 0 aliphatic carbocycles. The van der Waals surface area contributed by atoms with Crippen LogP contribution < -0.4 is 10.2 Å². The highest BCUT2D eigenvalue weighted by Gasteiger charge is 2.37. The second kappa shape index (κ2) is 7.30. The first-order valence-electron chi connectivity index (χ1n) is 8.41. The first-order chi connectivity index (χ1) is 11.7. The minimum atomic E-state index is -0.560. The molecular formula is C20H22N2O2. The lowest BCUT2D eigenvalue weighted by Crippen LogP contribution is -2.37. The largest absolute Gasteiger partial charge is 0.356 e. The van der Waals surface area contributed by atoms with Crippen LogP contribution in [-0.2, 0) is 16.0 Å². The van der Waals surface area contributed by atoms with E-state index in [0.29, 0.717) is 19.5 Å². The van der Waals surface area contributed by atoms with E-state index in [1.807, 2.05) is 43.3 Å². The summed E-state index contributed by atoms with van der Waals surface area (Å²) in [6.07, 6.45) is 1.34. The second-order valence-electron chi connectivity index (χ2n) is 6.02. The minimum absolute atomic E-state index is 0.0959. The van der Waals surface area contributed by atoms with Gasteiger partial charge >= 0.3 is 0 Å². The smallest absolute Gasteiger partial charge is 0.239 e. The Balaban J connectivity index is 1.83. The molecule has 2 amide bonds. The SMILES string of the molecule is CCNC(=O)C1CCN(c2ccccc2Cc2ccccc2)C1=O. The van der Waals surface area contributed by atoms with Crippen LogP contribution in [0.4, 0.5) is 5.69 Å². The summed E-state index contributed by atoms with van der Waals surface area (Å²) in [5, 5.41) is 2.76. The van der Waals surface area contributed by atoms with Gasteiger partial charge in [-0.25, -0.2) is 0 Å². The molecule has 2 aromatic carbocycles. The molecule has 1 unspecified atom stereocenters. The van der Waals surface area contributed by atoms with Gasteiger partial charge in [-0.2, -0.15) is 0 Å². The van der Waals surface area contributed by atoms with Crippen LogP contribution in [0.1, 0.15) is 24.5 Å². The lowest BCUT2D eigenvalue weighted by Gasteiger charge is -2.20. The second-order valence-corrected chi connectivity index (χ2v) is 6.02. The first-order valence-corrected chi connectivity index (χ1v) is 8.41. The van der Waals surface area contributed by atoms with E-state index in [4.69, 9.17) is 0 Å². The molecule has 0 saturated carbocycles. The van der Waals surface area contributed by atoms with Crippen molar-refractivity contribution >= 4 is 17.5 Å². The van der Waals surface area contributed by atoms with Crippen LogP contribution in [-0.4, -0.2) is 24.9 Å². The van der Waals surface area contributed by atoms with E-state index >= 15 is 0 Å². The Morgan fingerprint density at radius 2 is 1.83 bits per heavy atom. The Kier molecular flexibility index (Phi) is 4.94. The number of rotatable bonds is 5. The van der Waals surface area contributed by atoms with Gasteiger partial charge in [-0.1, -0.05) is 48.5 Å². The van der Waals surface area contributed by atoms with Crippen molar-refractivity contribution in [1.82, 2.24) is 5.32 Å². The molecule has 1 aliphatic rings. The maximum Gasteiger partial charge on any atom is 0.239 e. The molecule has 1 atom stereocenters. The Bertz CT molecular complexity index is 727. The monoisotopic (exact) mass is 322 g/mol. The Hall–Kier alpha value is -2.62. The number of carbonyl (C=O) groups is 2. The fourth-order valence-corrected chi connectivity index (χ4v) is 3.20. The number of hydrogen-bond donors (Lipinski definition) is 1. The van der Waals surface area contributed by atoms with Gasteiger partial charge in [-0.05, 0) is 37.0 Å². The number of benzene rings is 2. The predicted molar refractivity (Wildman–Crippen MR) is 94.8 cm³/mol. The average molecular weight is 322 g/mol. The molecule has 1 saturated heterocycles. The quantitative estimate of drug-likeness (QED) is 0.861. The molecule has 3 rings (SSSR count). The summed E-state index contributed by atoms with van der Waals surface area (Å²) in [5.41, 5.74) is 3.23. The van der Waals surface area contributed by atoms with E-state index in [1.54, 1.807) is 4.90 Å². The molecule has 1 heterocycles. The van der Waals surface area contributed by atoms with Gasteiger partial charge in [-0.15, -0.1) is 0 Å². The molecule has 24 heavy (non-hydrogen) atoms. The Labute approximate surface area is 142 Å². The molecule has 2 aromatic rings. The highest BCUT2D eigenvalue weighted by molar-refractivity contribution is 6.09. The molecule has 1 N–H and O–H groups in total. The van der Waals surface area contributed by atoms with Crippen LogP contribution in [0.15, 0.2) is 54.6 Å². The molecule has 0 aromatic heterocycles. The van der Waals surface area contributed by atoms with Crippen molar-refractivity contribution in [2.75, 3.05) is 18.0 Å². The van der Waals surface area contributed by atoms with Gasteiger partial charge in [0.15, 0.2) is 0 Å². The lowest BCUT2D eigenvalue weighted by molar-refractivity contribution is -0.132. The van der Waals surface area contributed by atoms with Crippen LogP contribution in [0.25, 0.3) is 0 Å². The third-order valence-electron chi connectivity index (χ3n) is 4.39. The summed E-state index contributed by atoms with van der Waals surface area (Å²) in [4.78, 5) is 26.5. The van der Waals surface area contributed by atoms with Gasteiger partial charge in [0, 0.05) is 18.8 Å². The first kappa shape index (κ1) is 16.2. The third-order valence-corrected chi connectivity index (χ3v) is 4.39. The zero-order valence-corrected chi connectivity index (χ0v) is 13.9. The van der Waals surface area contributed by atoms with Gasteiger partial charge in [-0.3, -0.25) is 9.59 Å². The molecule has 4 nitrogen and oxygen atoms in total. The fourth-order valence-electron chi connectivity index (χ4n) is 3.20. The number of hydrogen-bond acceptors (Lipinski definition) is 2. The Morgan fingerprint density at radius 1 is 1.12 bits per heavy atom. The minimum Gasteiger partial charge on any atom is -0.356 e. The Morgan fingerprint density at radius 3 is 2.58 bits per heavy atom. The van der Waals surface area contributed by atoms with Gasteiger partial charge in [0.2, 0.25) is 11.8 Å². The molecule has 124 valence electrons. The predicted octanol–water partition coefficient (Wildman–Crippen LogP) is 2.77. The summed E-state index contributed by atoms with van der Waals surface area (Å²) in [5.74, 6) is -0.818. The van der Waals surface area contributed by atoms with E-state index in [-0.39, 0.29) is 11.8 Å². The highest BCUT2D eigenvalue weighted by Crippen LogP contribution is 2.29. The van der Waals surface area contributed by atoms with Crippen molar-refractivity contribution in [3.05, 3.63) is 65.7 Å². The van der Waals surface area contributed by atoms with Crippen molar-refractivity contribution in [3.8, 4) is 0 Å². The van der Waals surface area contributed by atoms with Crippen LogP contribution in [0, 0.1) is 5.92 Å². The number of anilines is 1. The topological polar surface area (TPSA) is 49.4 Å². The summed E-state index contributed by atoms with van der Waals surface area (Å²) in [6, 6.07) is 18.1. The average Bonchev–Trinajstić information content (AvgIpc) is 2.98. The highest BCUT2D eigenvalue weighted by atomic mass is 16.2. The number of amides is 2. The molecule has 0 bridgehead atoms. The number of nitrogens with zero attached hydrogens (tertiary/aromatic N) is 1. The summed E-state index contributed by atoms with van der Waals surface area (Å²) in [6.45, 7) is 3.00. The molecule has 4 heteroatoms. The van der Waals surface area contributed by atoms with E-state index in [9.17, 15) is 9.59 Å². The normalized spacial score (nSPS) is 17.1. The number of para-hydroxylation sites is 1. The van der Waals surface area contributed by atoms with Crippen LogP contribution >= 0.6 is 0 Å². The maximum absolute atomic E-state index is 12.7. The standard InChI is InChI=1S/C20H22N2O2/c1-2-21-19(23)17-12-13-22(20(17)24)18-11-7-6-10-16(18)14-15-8-4-3-5-9-15/h3-11,17H,2,12-14H2,1H3,(H,21,23). The molecule has 0 radical (unpaired) electrons. The van der Waals surface area contributed by atoms with Crippen molar-refractivity contribution in [1.29, 1.82) is 0 Å². The molecular weight excluding hydrogens is 300 g/mol. The summed E-state index contributed by atoms with van der Waals surface area (Å²) in [7, 11) is 0. The molecule has 1 fully saturated rings. The molecule has 0 spiro atoms. The lowest BCUT2D eigenvalue weighted by atomic mass is 10.0. The van der Waals surface area contributed by atoms with Gasteiger partial charge in [0.05, 0.1) is 0 Å². The third kappa shape index (κ3) is 3.32.